The fourth-order valence-electron chi connectivity index (χ4n) is 9.59. The third kappa shape index (κ3) is 66.8. The van der Waals surface area contributed by atoms with Crippen LogP contribution < -0.4 is 0 Å². The van der Waals surface area contributed by atoms with Crippen LogP contribution in [0.1, 0.15) is 329 Å². The first-order chi connectivity index (χ1) is 40.0. The second kappa shape index (κ2) is 68.6. The Labute approximate surface area is 501 Å². The smallest absolute Gasteiger partial charge is 0.306 e. The quantitative estimate of drug-likeness (QED) is 0.0261. The lowest BCUT2D eigenvalue weighted by atomic mass is 10.1. The first-order valence-corrected chi connectivity index (χ1v) is 34.4. The summed E-state index contributed by atoms with van der Waals surface area (Å²) < 4.78 is 17.0. The molecular weight excluding hydrogens is 997 g/mol. The molecule has 0 aliphatic heterocycles. The van der Waals surface area contributed by atoms with Gasteiger partial charge in [-0.25, -0.2) is 0 Å². The minimum Gasteiger partial charge on any atom is -0.462 e. The maximum atomic E-state index is 12.9. The number of rotatable bonds is 62. The zero-order chi connectivity index (χ0) is 58.5. The Morgan fingerprint density at radius 1 is 0.259 bits per heavy atom. The van der Waals surface area contributed by atoms with Crippen LogP contribution in [0, 0.1) is 0 Å². The molecule has 0 aliphatic rings. The molecule has 0 aromatic rings. The average Bonchev–Trinajstić information content (AvgIpc) is 3.47. The van der Waals surface area contributed by atoms with E-state index in [-0.39, 0.29) is 31.1 Å². The predicted octanol–water partition coefficient (Wildman–Crippen LogP) is 23.8. The number of allylic oxidation sites excluding steroid dienone is 18. The fourth-order valence-corrected chi connectivity index (χ4v) is 9.59. The lowest BCUT2D eigenvalue weighted by molar-refractivity contribution is -0.167. The molecule has 0 N–H and O–H groups in total. The van der Waals surface area contributed by atoms with E-state index in [0.29, 0.717) is 19.3 Å². The molecule has 1 atom stereocenters. The van der Waals surface area contributed by atoms with E-state index in [0.717, 1.165) is 109 Å². The van der Waals surface area contributed by atoms with E-state index >= 15 is 0 Å². The molecular formula is C75H128O6. The van der Waals surface area contributed by atoms with Crippen LogP contribution in [0.15, 0.2) is 109 Å². The van der Waals surface area contributed by atoms with Crippen molar-refractivity contribution in [3.63, 3.8) is 0 Å². The summed E-state index contributed by atoms with van der Waals surface area (Å²) in [7, 11) is 0. The largest absolute Gasteiger partial charge is 0.462 e. The van der Waals surface area contributed by atoms with Crippen molar-refractivity contribution in [3.8, 4) is 0 Å². The van der Waals surface area contributed by atoms with E-state index in [4.69, 9.17) is 14.2 Å². The second-order valence-corrected chi connectivity index (χ2v) is 22.7. The number of hydrogen-bond acceptors (Lipinski definition) is 6. The summed E-state index contributed by atoms with van der Waals surface area (Å²) in [6, 6.07) is 0. The van der Waals surface area contributed by atoms with Gasteiger partial charge in [0, 0.05) is 19.3 Å². The Hall–Kier alpha value is -3.93. The van der Waals surface area contributed by atoms with E-state index in [9.17, 15) is 14.4 Å². The van der Waals surface area contributed by atoms with Gasteiger partial charge in [0.1, 0.15) is 13.2 Å². The van der Waals surface area contributed by atoms with Gasteiger partial charge in [-0.3, -0.25) is 14.4 Å². The first-order valence-electron chi connectivity index (χ1n) is 34.4. The van der Waals surface area contributed by atoms with Gasteiger partial charge in [-0.1, -0.05) is 291 Å². The molecule has 81 heavy (non-hydrogen) atoms. The Bertz CT molecular complexity index is 1620. The molecule has 0 aliphatic carbocycles. The highest BCUT2D eigenvalue weighted by Gasteiger charge is 2.19. The predicted molar refractivity (Wildman–Crippen MR) is 353 cm³/mol. The molecule has 0 radical (unpaired) electrons. The third-order valence-corrected chi connectivity index (χ3v) is 14.7. The van der Waals surface area contributed by atoms with Crippen molar-refractivity contribution in [1.29, 1.82) is 0 Å². The van der Waals surface area contributed by atoms with Gasteiger partial charge in [-0.05, 0) is 128 Å². The van der Waals surface area contributed by atoms with E-state index in [1.165, 1.54) is 180 Å². The molecule has 0 bridgehead atoms. The molecule has 0 saturated carbocycles. The second-order valence-electron chi connectivity index (χ2n) is 22.7. The summed E-state index contributed by atoms with van der Waals surface area (Å²) in [6.45, 7) is 6.52. The topological polar surface area (TPSA) is 78.9 Å². The number of hydrogen-bond donors (Lipinski definition) is 0. The zero-order valence-corrected chi connectivity index (χ0v) is 53.3. The van der Waals surface area contributed by atoms with Crippen LogP contribution in [0.25, 0.3) is 0 Å². The average molecular weight is 1130 g/mol. The number of ether oxygens (including phenoxy) is 3. The SMILES string of the molecule is CC/C=C\C/C=C\C/C=C\C/C=C\C/C=C\C/C=C\CCCCCCCCCCC(=O)OCC(COC(=O)CCCCCCCCC/C=C\CCCCCCCC)OC(=O)CCCCCCCCCCC/C=C\C/C=C\CCCCC. The standard InChI is InChI=1S/C75H128O6/c1-4-7-10-13-16-19-22-25-28-31-33-34-35-36-37-38-39-40-42-44-47-50-53-56-59-62-65-68-74(77)80-71-72(70-79-73(76)67-64-61-58-55-52-49-46-43-30-27-24-21-18-15-12-9-6-3)81-75(78)69-66-63-60-57-54-51-48-45-41-32-29-26-23-20-17-14-11-8-5-2/h7,10,16-17,19-20,25-30,33-34,36-37,39-40,72H,4-6,8-9,11-15,18,21-24,31-32,35,38,41-71H2,1-3H3/b10-7-,19-16-,20-17-,28-25-,29-26-,30-27-,34-33-,37-36-,40-39-. The minimum absolute atomic E-state index is 0.0839. The molecule has 6 heteroatoms. The lowest BCUT2D eigenvalue weighted by Crippen LogP contribution is -2.30. The van der Waals surface area contributed by atoms with Crippen LogP contribution in [0.4, 0.5) is 0 Å². The summed E-state index contributed by atoms with van der Waals surface area (Å²) in [5.74, 6) is -0.889. The zero-order valence-electron chi connectivity index (χ0n) is 53.3. The summed E-state index contributed by atoms with van der Waals surface area (Å²) >= 11 is 0. The Kier molecular flexibility index (Phi) is 65.2. The molecule has 0 fully saturated rings. The molecule has 0 aromatic carbocycles. The Morgan fingerprint density at radius 2 is 0.481 bits per heavy atom. The van der Waals surface area contributed by atoms with Crippen molar-refractivity contribution in [2.45, 2.75) is 335 Å². The minimum atomic E-state index is -0.789. The van der Waals surface area contributed by atoms with Crippen LogP contribution >= 0.6 is 0 Å². The molecule has 0 heterocycles. The summed E-state index contributed by atoms with van der Waals surface area (Å²) in [5, 5.41) is 0. The molecule has 0 spiro atoms. The van der Waals surface area contributed by atoms with E-state index < -0.39 is 6.10 Å². The molecule has 0 saturated heterocycles. The van der Waals surface area contributed by atoms with Gasteiger partial charge in [0.2, 0.25) is 0 Å². The molecule has 0 rings (SSSR count). The Balaban J connectivity index is 4.38. The van der Waals surface area contributed by atoms with Gasteiger partial charge in [-0.2, -0.15) is 0 Å². The number of carbonyl (C=O) groups is 3. The van der Waals surface area contributed by atoms with E-state index in [1.54, 1.807) is 0 Å². The molecule has 0 amide bonds. The third-order valence-electron chi connectivity index (χ3n) is 14.7. The van der Waals surface area contributed by atoms with Crippen molar-refractivity contribution in [1.82, 2.24) is 0 Å². The van der Waals surface area contributed by atoms with Gasteiger partial charge < -0.3 is 14.2 Å². The van der Waals surface area contributed by atoms with Crippen molar-refractivity contribution in [2.75, 3.05) is 13.2 Å². The number of unbranched alkanes of at least 4 members (excludes halogenated alkanes) is 33. The van der Waals surface area contributed by atoms with Crippen LogP contribution in [-0.4, -0.2) is 37.2 Å². The van der Waals surface area contributed by atoms with Crippen molar-refractivity contribution in [3.05, 3.63) is 109 Å². The van der Waals surface area contributed by atoms with Gasteiger partial charge >= 0.3 is 17.9 Å². The monoisotopic (exact) mass is 1120 g/mol. The lowest BCUT2D eigenvalue weighted by Gasteiger charge is -2.18. The van der Waals surface area contributed by atoms with E-state index in [2.05, 4.69) is 130 Å². The Morgan fingerprint density at radius 3 is 0.790 bits per heavy atom. The van der Waals surface area contributed by atoms with Gasteiger partial charge in [0.25, 0.3) is 0 Å². The molecule has 6 nitrogen and oxygen atoms in total. The van der Waals surface area contributed by atoms with Crippen molar-refractivity contribution in [2.24, 2.45) is 0 Å². The van der Waals surface area contributed by atoms with Crippen molar-refractivity contribution >= 4 is 17.9 Å². The van der Waals surface area contributed by atoms with E-state index in [1.807, 2.05) is 0 Å². The normalized spacial score (nSPS) is 12.8. The van der Waals surface area contributed by atoms with Gasteiger partial charge in [0.05, 0.1) is 0 Å². The summed E-state index contributed by atoms with van der Waals surface area (Å²) in [6.07, 6.45) is 93.8. The van der Waals surface area contributed by atoms with Crippen LogP contribution in [0.2, 0.25) is 0 Å². The van der Waals surface area contributed by atoms with Gasteiger partial charge in [0.15, 0.2) is 6.10 Å². The molecule has 464 valence electrons. The van der Waals surface area contributed by atoms with Crippen LogP contribution in [0.3, 0.4) is 0 Å². The summed E-state index contributed by atoms with van der Waals surface area (Å²) in [5.41, 5.74) is 0. The maximum absolute atomic E-state index is 12.9. The van der Waals surface area contributed by atoms with Crippen LogP contribution in [0.5, 0.6) is 0 Å². The summed E-state index contributed by atoms with van der Waals surface area (Å²) in [4.78, 5) is 38.5. The highest BCUT2D eigenvalue weighted by molar-refractivity contribution is 5.71. The maximum Gasteiger partial charge on any atom is 0.306 e. The fraction of sp³-hybridized carbons (Fsp3) is 0.720. The highest BCUT2D eigenvalue weighted by atomic mass is 16.6. The molecule has 1 unspecified atom stereocenters. The molecule has 0 aromatic heterocycles. The number of esters is 3. The first kappa shape index (κ1) is 77.1. The van der Waals surface area contributed by atoms with Gasteiger partial charge in [-0.15, -0.1) is 0 Å². The highest BCUT2D eigenvalue weighted by Crippen LogP contribution is 2.16. The van der Waals surface area contributed by atoms with Crippen molar-refractivity contribution < 1.29 is 28.6 Å². The number of carbonyl (C=O) groups excluding carboxylic acids is 3. The van der Waals surface area contributed by atoms with Crippen LogP contribution in [-0.2, 0) is 28.6 Å².